The molecule has 0 aliphatic rings. The third kappa shape index (κ3) is 4.34. The molecule has 6 nitrogen and oxygen atoms in total. The second-order valence-corrected chi connectivity index (χ2v) is 8.16. The van der Waals surface area contributed by atoms with E-state index in [1.807, 2.05) is 39.0 Å². The molecule has 2 heterocycles. The number of H-pyrrole nitrogens is 1. The summed E-state index contributed by atoms with van der Waals surface area (Å²) < 4.78 is 2.07. The van der Waals surface area contributed by atoms with Crippen LogP contribution in [0.2, 0.25) is 0 Å². The molecule has 3 aromatic rings. The van der Waals surface area contributed by atoms with Crippen molar-refractivity contribution in [1.82, 2.24) is 19.7 Å². The molecule has 0 spiro atoms. The van der Waals surface area contributed by atoms with Gasteiger partial charge >= 0.3 is 0 Å². The van der Waals surface area contributed by atoms with Crippen LogP contribution in [0.1, 0.15) is 57.9 Å². The number of thioether (sulfide) groups is 1. The predicted molar refractivity (Wildman–Crippen MR) is 116 cm³/mol. The first-order valence-electron chi connectivity index (χ1n) is 9.69. The summed E-state index contributed by atoms with van der Waals surface area (Å²) in [6.07, 6.45) is 0.940. The van der Waals surface area contributed by atoms with Gasteiger partial charge in [-0.3, -0.25) is 9.59 Å². The van der Waals surface area contributed by atoms with Gasteiger partial charge in [0.2, 0.25) is 0 Å². The summed E-state index contributed by atoms with van der Waals surface area (Å²) in [5.74, 6) is 0.962. The second kappa shape index (κ2) is 8.78. The monoisotopic (exact) mass is 410 g/mol. The predicted octanol–water partition coefficient (Wildman–Crippen LogP) is 4.79. The Morgan fingerprint density at radius 3 is 2.55 bits per heavy atom. The minimum atomic E-state index is -0.0498. The molecule has 0 aliphatic carbocycles. The number of carbonyl (C=O) groups is 2. The lowest BCUT2D eigenvalue weighted by Gasteiger charge is -2.09. The molecule has 0 amide bonds. The molecule has 1 N–H and O–H groups in total. The van der Waals surface area contributed by atoms with Gasteiger partial charge in [0.1, 0.15) is 0 Å². The van der Waals surface area contributed by atoms with Crippen molar-refractivity contribution in [2.75, 3.05) is 5.75 Å². The number of ketones is 2. The van der Waals surface area contributed by atoms with Crippen molar-refractivity contribution in [1.29, 1.82) is 0 Å². The van der Waals surface area contributed by atoms with E-state index in [1.54, 1.807) is 0 Å². The molecule has 0 atom stereocenters. The first-order valence-corrected chi connectivity index (χ1v) is 10.7. The lowest BCUT2D eigenvalue weighted by Crippen LogP contribution is -2.08. The van der Waals surface area contributed by atoms with Crippen LogP contribution in [-0.4, -0.2) is 37.1 Å². The van der Waals surface area contributed by atoms with Crippen molar-refractivity contribution in [3.05, 3.63) is 52.3 Å². The maximum absolute atomic E-state index is 12.8. The number of carbonyl (C=O) groups excluding carboxylic acids is 2. The highest BCUT2D eigenvalue weighted by Crippen LogP contribution is 2.26. The van der Waals surface area contributed by atoms with E-state index >= 15 is 0 Å². The number of aryl methyl sites for hydroxylation is 2. The molecule has 0 saturated heterocycles. The number of Topliss-reactive ketones (excluding diaryl/α,β-unsaturated/α-hetero) is 2. The number of aromatic nitrogens is 4. The number of hydrogen-bond donors (Lipinski definition) is 1. The van der Waals surface area contributed by atoms with Gasteiger partial charge in [-0.25, -0.2) is 0 Å². The van der Waals surface area contributed by atoms with Crippen molar-refractivity contribution in [3.8, 4) is 11.4 Å². The number of nitrogens with one attached hydrogen (secondary N) is 1. The van der Waals surface area contributed by atoms with Crippen LogP contribution < -0.4 is 0 Å². The lowest BCUT2D eigenvalue weighted by atomic mass is 10.1. The summed E-state index contributed by atoms with van der Waals surface area (Å²) in [7, 11) is 0. The van der Waals surface area contributed by atoms with Crippen LogP contribution in [0.3, 0.4) is 0 Å². The van der Waals surface area contributed by atoms with Crippen LogP contribution in [0, 0.1) is 20.8 Å². The Balaban J connectivity index is 1.83. The maximum atomic E-state index is 12.8. The van der Waals surface area contributed by atoms with E-state index in [9.17, 15) is 9.59 Å². The molecule has 7 heteroatoms. The van der Waals surface area contributed by atoms with Crippen molar-refractivity contribution < 1.29 is 9.59 Å². The van der Waals surface area contributed by atoms with Crippen molar-refractivity contribution in [2.45, 2.75) is 52.7 Å². The topological polar surface area (TPSA) is 80.6 Å². The summed E-state index contributed by atoms with van der Waals surface area (Å²) in [6.45, 7) is 10.1. The van der Waals surface area contributed by atoms with E-state index in [0.29, 0.717) is 11.3 Å². The Bertz CT molecular complexity index is 1060. The van der Waals surface area contributed by atoms with Crippen LogP contribution >= 0.6 is 11.8 Å². The SMILES string of the molecule is CCCn1c(SCC(=O)c2[nH]c(C)c(C(C)=O)c2C)nnc1-c1cccc(C)c1. The van der Waals surface area contributed by atoms with Gasteiger partial charge in [-0.15, -0.1) is 10.2 Å². The molecular weight excluding hydrogens is 384 g/mol. The Kier molecular flexibility index (Phi) is 6.37. The lowest BCUT2D eigenvalue weighted by molar-refractivity contribution is 0.101. The van der Waals surface area contributed by atoms with E-state index in [4.69, 9.17) is 0 Å². The molecule has 0 fully saturated rings. The van der Waals surface area contributed by atoms with Gasteiger partial charge in [0.25, 0.3) is 0 Å². The molecule has 0 radical (unpaired) electrons. The van der Waals surface area contributed by atoms with Gasteiger partial charge in [-0.05, 0) is 45.7 Å². The highest BCUT2D eigenvalue weighted by molar-refractivity contribution is 7.99. The minimum absolute atomic E-state index is 0.0339. The summed E-state index contributed by atoms with van der Waals surface area (Å²) in [4.78, 5) is 27.7. The van der Waals surface area contributed by atoms with E-state index in [2.05, 4.69) is 32.7 Å². The zero-order valence-electron chi connectivity index (χ0n) is 17.5. The Labute approximate surface area is 175 Å². The Morgan fingerprint density at radius 2 is 1.93 bits per heavy atom. The van der Waals surface area contributed by atoms with Crippen molar-refractivity contribution >= 4 is 23.3 Å². The van der Waals surface area contributed by atoms with Gasteiger partial charge in [0, 0.05) is 23.4 Å². The number of rotatable bonds is 8. The number of aromatic amines is 1. The van der Waals surface area contributed by atoms with Crippen molar-refractivity contribution in [2.24, 2.45) is 0 Å². The average Bonchev–Trinajstić information content (AvgIpc) is 3.20. The quantitative estimate of drug-likeness (QED) is 0.427. The number of benzene rings is 1. The normalized spacial score (nSPS) is 11.1. The van der Waals surface area contributed by atoms with Crippen LogP contribution in [0.5, 0.6) is 0 Å². The third-order valence-corrected chi connectivity index (χ3v) is 5.81. The molecular formula is C22H26N4O2S. The first-order chi connectivity index (χ1) is 13.8. The van der Waals surface area contributed by atoms with E-state index in [-0.39, 0.29) is 17.3 Å². The third-order valence-electron chi connectivity index (χ3n) is 4.84. The fourth-order valence-electron chi connectivity index (χ4n) is 3.58. The van der Waals surface area contributed by atoms with Gasteiger partial charge in [0.05, 0.1) is 11.4 Å². The zero-order chi connectivity index (χ0) is 21.1. The maximum Gasteiger partial charge on any atom is 0.191 e. The summed E-state index contributed by atoms with van der Waals surface area (Å²) >= 11 is 1.38. The van der Waals surface area contributed by atoms with Gasteiger partial charge in [-0.2, -0.15) is 0 Å². The molecule has 1 aromatic carbocycles. The largest absolute Gasteiger partial charge is 0.355 e. The van der Waals surface area contributed by atoms with Gasteiger partial charge in [-0.1, -0.05) is 42.4 Å². The number of hydrogen-bond acceptors (Lipinski definition) is 5. The summed E-state index contributed by atoms with van der Waals surface area (Å²) in [5, 5.41) is 9.45. The second-order valence-electron chi connectivity index (χ2n) is 7.22. The zero-order valence-corrected chi connectivity index (χ0v) is 18.3. The molecule has 0 aliphatic heterocycles. The number of nitrogens with zero attached hydrogens (tertiary/aromatic N) is 3. The van der Waals surface area contributed by atoms with Crippen LogP contribution in [0.15, 0.2) is 29.4 Å². The average molecular weight is 411 g/mol. The standard InChI is InChI=1S/C22H26N4O2S/c1-6-10-26-21(17-9-7-8-13(2)11-17)24-25-22(26)29-12-18(28)20-14(3)19(16(5)27)15(4)23-20/h7-9,11,23H,6,10,12H2,1-5H3. The van der Waals surface area contributed by atoms with Crippen molar-refractivity contribution in [3.63, 3.8) is 0 Å². The molecule has 152 valence electrons. The molecule has 0 bridgehead atoms. The molecule has 0 unspecified atom stereocenters. The first kappa shape index (κ1) is 21.0. The van der Waals surface area contributed by atoms with E-state index < -0.39 is 0 Å². The van der Waals surface area contributed by atoms with Gasteiger partial charge < -0.3 is 9.55 Å². The molecule has 29 heavy (non-hydrogen) atoms. The van der Waals surface area contributed by atoms with E-state index in [1.165, 1.54) is 18.7 Å². The minimum Gasteiger partial charge on any atom is -0.355 e. The fourth-order valence-corrected chi connectivity index (χ4v) is 4.41. The summed E-state index contributed by atoms with van der Waals surface area (Å²) in [5.41, 5.74) is 4.74. The highest BCUT2D eigenvalue weighted by Gasteiger charge is 2.21. The fraction of sp³-hybridized carbons (Fsp3) is 0.364. The van der Waals surface area contributed by atoms with Gasteiger partial charge in [0.15, 0.2) is 22.5 Å². The van der Waals surface area contributed by atoms with Crippen LogP contribution in [0.25, 0.3) is 11.4 Å². The van der Waals surface area contributed by atoms with Crippen LogP contribution in [0.4, 0.5) is 0 Å². The highest BCUT2D eigenvalue weighted by atomic mass is 32.2. The Morgan fingerprint density at radius 1 is 1.17 bits per heavy atom. The smallest absolute Gasteiger partial charge is 0.191 e. The van der Waals surface area contributed by atoms with E-state index in [0.717, 1.165) is 46.3 Å². The Hall–Kier alpha value is -2.67. The molecule has 3 rings (SSSR count). The molecule has 0 saturated carbocycles. The van der Waals surface area contributed by atoms with Crippen LogP contribution in [-0.2, 0) is 6.54 Å². The summed E-state index contributed by atoms with van der Waals surface area (Å²) in [6, 6.07) is 8.17. The molecule has 2 aromatic heterocycles.